The third kappa shape index (κ3) is 1.77. The van der Waals surface area contributed by atoms with E-state index in [0.29, 0.717) is 18.7 Å². The molecular formula is C16H16N2O3. The second-order valence-corrected chi connectivity index (χ2v) is 5.89. The smallest absolute Gasteiger partial charge is 0.312 e. The van der Waals surface area contributed by atoms with Crippen molar-refractivity contribution in [3.63, 3.8) is 0 Å². The SMILES string of the molecule is O=C(c1ccc2n1CCC2C(=O)O)C1Cc2cccn2C1. The number of fused-ring (bicyclic) bond motifs is 2. The van der Waals surface area contributed by atoms with Gasteiger partial charge >= 0.3 is 5.97 Å². The van der Waals surface area contributed by atoms with Crippen molar-refractivity contribution >= 4 is 11.8 Å². The minimum absolute atomic E-state index is 0.0240. The maximum atomic E-state index is 12.7. The number of carboxylic acid groups (broad SMARTS) is 1. The molecule has 0 radical (unpaired) electrons. The molecule has 21 heavy (non-hydrogen) atoms. The summed E-state index contributed by atoms with van der Waals surface area (Å²) in [5.41, 5.74) is 2.64. The van der Waals surface area contributed by atoms with Gasteiger partial charge in [0.1, 0.15) is 0 Å². The fourth-order valence-corrected chi connectivity index (χ4v) is 3.66. The Morgan fingerprint density at radius 2 is 2.10 bits per heavy atom. The van der Waals surface area contributed by atoms with E-state index in [0.717, 1.165) is 18.7 Å². The van der Waals surface area contributed by atoms with Gasteiger partial charge < -0.3 is 14.2 Å². The summed E-state index contributed by atoms with van der Waals surface area (Å²) in [7, 11) is 0. The van der Waals surface area contributed by atoms with Crippen molar-refractivity contribution in [3.05, 3.63) is 47.5 Å². The maximum Gasteiger partial charge on any atom is 0.312 e. The second kappa shape index (κ2) is 4.35. The molecular weight excluding hydrogens is 268 g/mol. The van der Waals surface area contributed by atoms with Gasteiger partial charge in [-0.05, 0) is 37.1 Å². The molecule has 0 bridgehead atoms. The molecule has 0 saturated heterocycles. The minimum atomic E-state index is -0.803. The number of carbonyl (C=O) groups is 2. The Bertz CT molecular complexity index is 720. The Kier molecular flexibility index (Phi) is 2.58. The standard InChI is InChI=1S/C16H16N2O3/c19-15(10-8-11-2-1-6-17(11)9-10)14-4-3-13-12(16(20)21)5-7-18(13)14/h1-4,6,10,12H,5,7-9H2,(H,20,21). The van der Waals surface area contributed by atoms with Crippen molar-refractivity contribution in [1.29, 1.82) is 0 Å². The van der Waals surface area contributed by atoms with E-state index in [1.54, 1.807) is 12.1 Å². The highest BCUT2D eigenvalue weighted by molar-refractivity contribution is 5.97. The molecule has 4 rings (SSSR count). The summed E-state index contributed by atoms with van der Waals surface area (Å²) < 4.78 is 4.02. The Labute approximate surface area is 121 Å². The van der Waals surface area contributed by atoms with Crippen LogP contribution in [0.25, 0.3) is 0 Å². The monoisotopic (exact) mass is 284 g/mol. The topological polar surface area (TPSA) is 64.2 Å². The van der Waals surface area contributed by atoms with Crippen LogP contribution in [0.5, 0.6) is 0 Å². The maximum absolute atomic E-state index is 12.7. The Hall–Kier alpha value is -2.30. The minimum Gasteiger partial charge on any atom is -0.481 e. The van der Waals surface area contributed by atoms with Crippen LogP contribution in [-0.2, 0) is 24.3 Å². The van der Waals surface area contributed by atoms with E-state index in [4.69, 9.17) is 0 Å². The van der Waals surface area contributed by atoms with E-state index in [9.17, 15) is 14.7 Å². The quantitative estimate of drug-likeness (QED) is 0.876. The number of hydrogen-bond donors (Lipinski definition) is 1. The van der Waals surface area contributed by atoms with Gasteiger partial charge in [0.15, 0.2) is 5.78 Å². The molecule has 5 heteroatoms. The lowest BCUT2D eigenvalue weighted by Crippen LogP contribution is -2.19. The van der Waals surface area contributed by atoms with Gasteiger partial charge in [0.2, 0.25) is 0 Å². The highest BCUT2D eigenvalue weighted by Gasteiger charge is 2.34. The zero-order valence-electron chi connectivity index (χ0n) is 11.5. The summed E-state index contributed by atoms with van der Waals surface area (Å²) >= 11 is 0. The molecule has 0 aliphatic carbocycles. The molecule has 2 atom stereocenters. The largest absolute Gasteiger partial charge is 0.481 e. The molecule has 0 spiro atoms. The zero-order valence-corrected chi connectivity index (χ0v) is 11.5. The van der Waals surface area contributed by atoms with Crippen LogP contribution in [0.2, 0.25) is 0 Å². The van der Waals surface area contributed by atoms with E-state index in [1.165, 1.54) is 5.69 Å². The fourth-order valence-electron chi connectivity index (χ4n) is 3.66. The van der Waals surface area contributed by atoms with Gasteiger partial charge in [-0.2, -0.15) is 0 Å². The van der Waals surface area contributed by atoms with Crippen LogP contribution in [0.4, 0.5) is 0 Å². The van der Waals surface area contributed by atoms with Crippen LogP contribution in [0.3, 0.4) is 0 Å². The van der Waals surface area contributed by atoms with Crippen LogP contribution in [0.15, 0.2) is 30.5 Å². The second-order valence-electron chi connectivity index (χ2n) is 5.89. The predicted octanol–water partition coefficient (Wildman–Crippen LogP) is 1.92. The van der Waals surface area contributed by atoms with E-state index in [1.807, 2.05) is 16.8 Å². The summed E-state index contributed by atoms with van der Waals surface area (Å²) in [5.74, 6) is -1.16. The van der Waals surface area contributed by atoms with Crippen molar-refractivity contribution in [2.24, 2.45) is 5.92 Å². The van der Waals surface area contributed by atoms with Crippen LogP contribution in [-0.4, -0.2) is 26.0 Å². The number of Topliss-reactive ketones (excluding diaryl/α,β-unsaturated/α-hetero) is 1. The fraction of sp³-hybridized carbons (Fsp3) is 0.375. The van der Waals surface area contributed by atoms with E-state index < -0.39 is 11.9 Å². The summed E-state index contributed by atoms with van der Waals surface area (Å²) in [5, 5.41) is 9.21. The Morgan fingerprint density at radius 1 is 1.24 bits per heavy atom. The number of hydrogen-bond acceptors (Lipinski definition) is 2. The third-order valence-corrected chi connectivity index (χ3v) is 4.73. The first-order valence-corrected chi connectivity index (χ1v) is 7.25. The number of rotatable bonds is 3. The van der Waals surface area contributed by atoms with Gasteiger partial charge in [0.05, 0.1) is 11.6 Å². The van der Waals surface area contributed by atoms with Crippen LogP contribution < -0.4 is 0 Å². The van der Waals surface area contributed by atoms with Gasteiger partial charge in [0, 0.05) is 36.6 Å². The molecule has 2 aliphatic heterocycles. The van der Waals surface area contributed by atoms with Gasteiger partial charge in [-0.3, -0.25) is 9.59 Å². The lowest BCUT2D eigenvalue weighted by atomic mass is 9.99. The van der Waals surface area contributed by atoms with Crippen LogP contribution in [0.1, 0.15) is 34.2 Å². The normalized spacial score (nSPS) is 23.0. The zero-order chi connectivity index (χ0) is 14.6. The van der Waals surface area contributed by atoms with Gasteiger partial charge in [-0.1, -0.05) is 0 Å². The number of nitrogens with zero attached hydrogens (tertiary/aromatic N) is 2. The predicted molar refractivity (Wildman–Crippen MR) is 75.4 cm³/mol. The number of ketones is 1. The van der Waals surface area contributed by atoms with E-state index in [2.05, 4.69) is 10.6 Å². The molecule has 5 nitrogen and oxygen atoms in total. The molecule has 1 N–H and O–H groups in total. The molecule has 0 aromatic carbocycles. The summed E-state index contributed by atoms with van der Waals surface area (Å²) in [4.78, 5) is 23.9. The number of carboxylic acids is 1. The lowest BCUT2D eigenvalue weighted by molar-refractivity contribution is -0.138. The number of aromatic nitrogens is 2. The average Bonchev–Trinajstić information content (AvgIpc) is 3.16. The Morgan fingerprint density at radius 3 is 2.86 bits per heavy atom. The molecule has 2 aliphatic rings. The third-order valence-electron chi connectivity index (χ3n) is 4.73. The first kappa shape index (κ1) is 12.4. The summed E-state index contributed by atoms with van der Waals surface area (Å²) in [6, 6.07) is 7.65. The van der Waals surface area contributed by atoms with Gasteiger partial charge in [0.25, 0.3) is 0 Å². The first-order chi connectivity index (χ1) is 10.1. The number of carbonyl (C=O) groups excluding carboxylic acids is 1. The molecule has 0 fully saturated rings. The van der Waals surface area contributed by atoms with Crippen LogP contribution >= 0.6 is 0 Å². The molecule has 2 aromatic heterocycles. The van der Waals surface area contributed by atoms with Gasteiger partial charge in [-0.25, -0.2) is 0 Å². The van der Waals surface area contributed by atoms with Crippen LogP contribution in [0, 0.1) is 5.92 Å². The summed E-state index contributed by atoms with van der Waals surface area (Å²) in [6.07, 6.45) is 3.36. The highest BCUT2D eigenvalue weighted by Crippen LogP contribution is 2.33. The summed E-state index contributed by atoms with van der Waals surface area (Å²) in [6.45, 7) is 1.35. The molecule has 2 aromatic rings. The first-order valence-electron chi connectivity index (χ1n) is 7.25. The molecule has 4 heterocycles. The van der Waals surface area contributed by atoms with Crippen molar-refractivity contribution in [1.82, 2.24) is 9.13 Å². The Balaban J connectivity index is 1.61. The molecule has 108 valence electrons. The average molecular weight is 284 g/mol. The molecule has 2 unspecified atom stereocenters. The van der Waals surface area contributed by atoms with E-state index >= 15 is 0 Å². The number of aliphatic carboxylic acids is 1. The molecule has 0 amide bonds. The molecule has 0 saturated carbocycles. The lowest BCUT2D eigenvalue weighted by Gasteiger charge is -2.10. The van der Waals surface area contributed by atoms with E-state index in [-0.39, 0.29) is 11.7 Å². The van der Waals surface area contributed by atoms with Crippen molar-refractivity contribution < 1.29 is 14.7 Å². The van der Waals surface area contributed by atoms with Crippen molar-refractivity contribution in [2.45, 2.75) is 31.8 Å². The highest BCUT2D eigenvalue weighted by atomic mass is 16.4. The van der Waals surface area contributed by atoms with Crippen molar-refractivity contribution in [3.8, 4) is 0 Å². The van der Waals surface area contributed by atoms with Gasteiger partial charge in [-0.15, -0.1) is 0 Å². The van der Waals surface area contributed by atoms with Crippen molar-refractivity contribution in [2.75, 3.05) is 0 Å².